The fraction of sp³-hybridized carbons (Fsp3) is 0.364. The van der Waals surface area contributed by atoms with Crippen LogP contribution < -0.4 is 0 Å². The first kappa shape index (κ1) is 10.8. The average Bonchev–Trinajstić information content (AvgIpc) is 2.58. The Bertz CT molecular complexity index is 406. The van der Waals surface area contributed by atoms with Gasteiger partial charge in [-0.25, -0.2) is 0 Å². The molecule has 4 heteroatoms. The first-order chi connectivity index (χ1) is 7.08. The number of carboxylic acid groups (broad SMARTS) is 1. The molecular formula is C11H11ClO2S. The van der Waals surface area contributed by atoms with Gasteiger partial charge >= 0.3 is 5.97 Å². The molecule has 0 bridgehead atoms. The van der Waals surface area contributed by atoms with Crippen LogP contribution in [0, 0.1) is 5.92 Å². The maximum Gasteiger partial charge on any atom is 0.307 e. The number of carboxylic acids is 1. The van der Waals surface area contributed by atoms with Crippen LogP contribution in [0.2, 0.25) is 5.02 Å². The number of fused-ring (bicyclic) bond motifs is 1. The molecule has 2 nitrogen and oxygen atoms in total. The molecule has 15 heavy (non-hydrogen) atoms. The van der Waals surface area contributed by atoms with Gasteiger partial charge in [0.15, 0.2) is 0 Å². The third-order valence-corrected chi connectivity index (χ3v) is 4.43. The van der Waals surface area contributed by atoms with Crippen molar-refractivity contribution in [1.29, 1.82) is 0 Å². The number of halogens is 1. The summed E-state index contributed by atoms with van der Waals surface area (Å²) < 4.78 is 0. The minimum atomic E-state index is -0.730. The molecule has 2 atom stereocenters. The van der Waals surface area contributed by atoms with Crippen molar-refractivity contribution in [3.8, 4) is 0 Å². The lowest BCUT2D eigenvalue weighted by Crippen LogP contribution is -2.22. The van der Waals surface area contributed by atoms with E-state index in [2.05, 4.69) is 0 Å². The molecule has 0 spiro atoms. The molecule has 2 rings (SSSR count). The summed E-state index contributed by atoms with van der Waals surface area (Å²) in [5.41, 5.74) is 1.17. The molecule has 1 aromatic carbocycles. The minimum absolute atomic E-state index is 0.135. The summed E-state index contributed by atoms with van der Waals surface area (Å²) in [5.74, 6) is -1.05. The second-order valence-corrected chi connectivity index (χ2v) is 5.46. The summed E-state index contributed by atoms with van der Waals surface area (Å²) in [6, 6.07) is 5.75. The zero-order valence-electron chi connectivity index (χ0n) is 8.24. The van der Waals surface area contributed by atoms with E-state index in [1.165, 1.54) is 5.56 Å². The summed E-state index contributed by atoms with van der Waals surface area (Å²) >= 11 is 7.53. The molecule has 0 fully saturated rings. The Hall–Kier alpha value is -0.670. The van der Waals surface area contributed by atoms with Gasteiger partial charge in [-0.2, -0.15) is 0 Å². The van der Waals surface area contributed by atoms with E-state index in [-0.39, 0.29) is 11.2 Å². The molecule has 0 aromatic heterocycles. The Morgan fingerprint density at radius 2 is 2.40 bits per heavy atom. The van der Waals surface area contributed by atoms with Gasteiger partial charge in [-0.05, 0) is 30.2 Å². The third-order valence-electron chi connectivity index (χ3n) is 2.67. The lowest BCUT2D eigenvalue weighted by molar-refractivity contribution is -0.141. The molecule has 0 aliphatic carbocycles. The van der Waals surface area contributed by atoms with E-state index < -0.39 is 5.97 Å². The van der Waals surface area contributed by atoms with Crippen LogP contribution in [0.3, 0.4) is 0 Å². The quantitative estimate of drug-likeness (QED) is 0.866. The van der Waals surface area contributed by atoms with Crippen molar-refractivity contribution in [2.75, 3.05) is 0 Å². The lowest BCUT2D eigenvalue weighted by Gasteiger charge is -2.12. The molecule has 0 saturated heterocycles. The highest BCUT2D eigenvalue weighted by Crippen LogP contribution is 2.41. The molecule has 1 aliphatic heterocycles. The van der Waals surface area contributed by atoms with Crippen molar-refractivity contribution in [2.45, 2.75) is 23.5 Å². The maximum absolute atomic E-state index is 10.9. The fourth-order valence-corrected chi connectivity index (χ4v) is 3.23. The van der Waals surface area contributed by atoms with Crippen LogP contribution in [0.5, 0.6) is 0 Å². The van der Waals surface area contributed by atoms with E-state index >= 15 is 0 Å². The third kappa shape index (κ3) is 2.13. The number of aliphatic carboxylic acids is 1. The average molecular weight is 243 g/mol. The van der Waals surface area contributed by atoms with Crippen LogP contribution in [-0.2, 0) is 11.2 Å². The van der Waals surface area contributed by atoms with E-state index in [0.717, 1.165) is 16.3 Å². The zero-order chi connectivity index (χ0) is 11.0. The van der Waals surface area contributed by atoms with Crippen LogP contribution in [0.15, 0.2) is 23.1 Å². The van der Waals surface area contributed by atoms with E-state index in [4.69, 9.17) is 16.7 Å². The standard InChI is InChI=1S/C11H11ClO2S/c1-6(11(13)14)10-5-7-4-8(12)2-3-9(7)15-10/h2-4,6,10H,5H2,1H3,(H,13,14). The van der Waals surface area contributed by atoms with Crippen molar-refractivity contribution in [1.82, 2.24) is 0 Å². The largest absolute Gasteiger partial charge is 0.481 e. The van der Waals surface area contributed by atoms with Crippen LogP contribution in [-0.4, -0.2) is 16.3 Å². The van der Waals surface area contributed by atoms with Gasteiger partial charge in [0.05, 0.1) is 5.92 Å². The molecule has 1 heterocycles. The highest BCUT2D eigenvalue weighted by Gasteiger charge is 2.30. The number of benzene rings is 1. The van der Waals surface area contributed by atoms with Gasteiger partial charge in [-0.1, -0.05) is 18.5 Å². The molecule has 0 saturated carbocycles. The van der Waals surface area contributed by atoms with E-state index in [0.29, 0.717) is 0 Å². The topological polar surface area (TPSA) is 37.3 Å². The predicted molar refractivity (Wildman–Crippen MR) is 61.6 cm³/mol. The van der Waals surface area contributed by atoms with E-state index in [9.17, 15) is 4.79 Å². The molecule has 0 radical (unpaired) electrons. The monoisotopic (exact) mass is 242 g/mol. The van der Waals surface area contributed by atoms with Gasteiger partial charge in [0.1, 0.15) is 0 Å². The fourth-order valence-electron chi connectivity index (χ4n) is 1.68. The first-order valence-electron chi connectivity index (χ1n) is 4.76. The van der Waals surface area contributed by atoms with Gasteiger partial charge in [0.2, 0.25) is 0 Å². The lowest BCUT2D eigenvalue weighted by atomic mass is 10.0. The van der Waals surface area contributed by atoms with Crippen LogP contribution >= 0.6 is 23.4 Å². The van der Waals surface area contributed by atoms with Crippen LogP contribution in [0.1, 0.15) is 12.5 Å². The summed E-state index contributed by atoms with van der Waals surface area (Å²) in [4.78, 5) is 12.0. The number of hydrogen-bond acceptors (Lipinski definition) is 2. The van der Waals surface area contributed by atoms with Crippen LogP contribution in [0.25, 0.3) is 0 Å². The molecular weight excluding hydrogens is 232 g/mol. The van der Waals surface area contributed by atoms with Gasteiger partial charge in [-0.3, -0.25) is 4.79 Å². The Morgan fingerprint density at radius 3 is 3.07 bits per heavy atom. The highest BCUT2D eigenvalue weighted by atomic mass is 35.5. The maximum atomic E-state index is 10.9. The molecule has 1 aromatic rings. The van der Waals surface area contributed by atoms with Crippen molar-refractivity contribution in [3.05, 3.63) is 28.8 Å². The smallest absolute Gasteiger partial charge is 0.307 e. The summed E-state index contributed by atoms with van der Waals surface area (Å²) in [6.07, 6.45) is 0.800. The Kier molecular flexibility index (Phi) is 2.94. The van der Waals surface area contributed by atoms with Crippen molar-refractivity contribution in [2.24, 2.45) is 5.92 Å². The molecule has 1 N–H and O–H groups in total. The van der Waals surface area contributed by atoms with Gasteiger partial charge in [0, 0.05) is 15.2 Å². The molecule has 1 aliphatic rings. The Balaban J connectivity index is 2.19. The summed E-state index contributed by atoms with van der Waals surface area (Å²) in [5, 5.41) is 9.79. The predicted octanol–water partition coefficient (Wildman–Crippen LogP) is 3.08. The van der Waals surface area contributed by atoms with Gasteiger partial charge in [0.25, 0.3) is 0 Å². The minimum Gasteiger partial charge on any atom is -0.481 e. The van der Waals surface area contributed by atoms with Crippen LogP contribution in [0.4, 0.5) is 0 Å². The number of rotatable bonds is 2. The molecule has 80 valence electrons. The normalized spacial score (nSPS) is 21.1. The number of thioether (sulfide) groups is 1. The van der Waals surface area contributed by atoms with Crippen molar-refractivity contribution < 1.29 is 9.90 Å². The van der Waals surface area contributed by atoms with E-state index in [1.54, 1.807) is 18.7 Å². The number of carbonyl (C=O) groups is 1. The van der Waals surface area contributed by atoms with Gasteiger partial charge in [-0.15, -0.1) is 11.8 Å². The van der Waals surface area contributed by atoms with E-state index in [1.807, 2.05) is 18.2 Å². The Labute approximate surface area is 97.6 Å². The first-order valence-corrected chi connectivity index (χ1v) is 6.01. The zero-order valence-corrected chi connectivity index (χ0v) is 9.81. The summed E-state index contributed by atoms with van der Waals surface area (Å²) in [7, 11) is 0. The SMILES string of the molecule is CC(C(=O)O)C1Cc2cc(Cl)ccc2S1. The second-order valence-electron chi connectivity index (χ2n) is 3.74. The molecule has 2 unspecified atom stereocenters. The van der Waals surface area contributed by atoms with Crippen molar-refractivity contribution in [3.63, 3.8) is 0 Å². The number of hydrogen-bond donors (Lipinski definition) is 1. The summed E-state index contributed by atoms with van der Waals surface area (Å²) in [6.45, 7) is 1.76. The Morgan fingerprint density at radius 1 is 1.67 bits per heavy atom. The van der Waals surface area contributed by atoms with Crippen molar-refractivity contribution >= 4 is 29.3 Å². The highest BCUT2D eigenvalue weighted by molar-refractivity contribution is 8.00. The van der Waals surface area contributed by atoms with Gasteiger partial charge < -0.3 is 5.11 Å². The second kappa shape index (κ2) is 4.06. The molecule has 0 amide bonds.